The lowest BCUT2D eigenvalue weighted by atomic mass is 9.94. The van der Waals surface area contributed by atoms with Crippen molar-refractivity contribution < 1.29 is 0 Å². The lowest BCUT2D eigenvalue weighted by Gasteiger charge is -2.38. The van der Waals surface area contributed by atoms with Crippen LogP contribution in [0.5, 0.6) is 0 Å². The fourth-order valence-electron chi connectivity index (χ4n) is 2.89. The van der Waals surface area contributed by atoms with E-state index in [0.717, 1.165) is 19.0 Å². The maximum atomic E-state index is 6.04. The smallest absolute Gasteiger partial charge is 0.0335 e. The first-order valence-corrected chi connectivity index (χ1v) is 7.87. The van der Waals surface area contributed by atoms with Gasteiger partial charge in [-0.1, -0.05) is 6.92 Å². The van der Waals surface area contributed by atoms with Crippen LogP contribution in [0, 0.1) is 5.92 Å². The van der Waals surface area contributed by atoms with E-state index in [1.165, 1.54) is 28.6 Å². The van der Waals surface area contributed by atoms with Crippen LogP contribution in [-0.4, -0.2) is 24.0 Å². The summed E-state index contributed by atoms with van der Waals surface area (Å²) >= 11 is 5.33. The number of nitrogens with two attached hydrogens (primary N) is 1. The summed E-state index contributed by atoms with van der Waals surface area (Å²) in [5, 5.41) is 2.15. The summed E-state index contributed by atoms with van der Waals surface area (Å²) in [6.07, 6.45) is 3.80. The van der Waals surface area contributed by atoms with Gasteiger partial charge in [-0.3, -0.25) is 4.90 Å². The van der Waals surface area contributed by atoms with Crippen LogP contribution in [0.3, 0.4) is 0 Å². The molecule has 2 nitrogen and oxygen atoms in total. The Balaban J connectivity index is 2.05. The first-order chi connectivity index (χ1) is 8.05. The molecule has 0 radical (unpaired) electrons. The molecule has 0 spiro atoms. The fourth-order valence-corrected chi connectivity index (χ4v) is 4.40. The molecule has 2 N–H and O–H groups in total. The number of likely N-dealkylation sites (N-methyl/N-ethyl adjacent to an activating group) is 1. The molecule has 0 saturated heterocycles. The Morgan fingerprint density at radius 1 is 1.65 bits per heavy atom. The molecule has 0 aliphatic heterocycles. The standard InChI is InChI=1S/C13H21BrN2S/c1-10-3-4-13(6-10,9-15)16(2)7-12-5-11(14)8-17-12/h5,8,10H,3-4,6-7,9,15H2,1-2H3. The van der Waals surface area contributed by atoms with Crippen LogP contribution in [0.2, 0.25) is 0 Å². The first-order valence-electron chi connectivity index (χ1n) is 6.20. The van der Waals surface area contributed by atoms with Crippen LogP contribution in [0.25, 0.3) is 0 Å². The van der Waals surface area contributed by atoms with E-state index in [2.05, 4.69) is 46.2 Å². The second kappa shape index (κ2) is 5.39. The molecular weight excluding hydrogens is 296 g/mol. The minimum atomic E-state index is 0.232. The van der Waals surface area contributed by atoms with Gasteiger partial charge in [0.25, 0.3) is 0 Å². The monoisotopic (exact) mass is 316 g/mol. The van der Waals surface area contributed by atoms with E-state index in [1.807, 2.05) is 11.3 Å². The molecule has 1 heterocycles. The second-order valence-corrected chi connectivity index (χ2v) is 7.28. The molecule has 1 aromatic heterocycles. The first kappa shape index (κ1) is 13.5. The van der Waals surface area contributed by atoms with Gasteiger partial charge in [0.05, 0.1) is 0 Å². The van der Waals surface area contributed by atoms with Crippen molar-refractivity contribution in [2.24, 2.45) is 11.7 Å². The highest BCUT2D eigenvalue weighted by Crippen LogP contribution is 2.38. The molecule has 4 heteroatoms. The van der Waals surface area contributed by atoms with Crippen molar-refractivity contribution in [1.82, 2.24) is 4.90 Å². The van der Waals surface area contributed by atoms with Crippen molar-refractivity contribution in [1.29, 1.82) is 0 Å². The van der Waals surface area contributed by atoms with Gasteiger partial charge in [0.15, 0.2) is 0 Å². The summed E-state index contributed by atoms with van der Waals surface area (Å²) in [6.45, 7) is 4.13. The normalized spacial score (nSPS) is 29.1. The maximum absolute atomic E-state index is 6.04. The van der Waals surface area contributed by atoms with Gasteiger partial charge in [-0.15, -0.1) is 11.3 Å². The third kappa shape index (κ3) is 2.92. The van der Waals surface area contributed by atoms with E-state index in [-0.39, 0.29) is 5.54 Å². The Morgan fingerprint density at radius 3 is 2.88 bits per heavy atom. The molecule has 2 rings (SSSR count). The predicted molar refractivity (Wildman–Crippen MR) is 78.3 cm³/mol. The van der Waals surface area contributed by atoms with Crippen molar-refractivity contribution in [3.63, 3.8) is 0 Å². The Morgan fingerprint density at radius 2 is 2.41 bits per heavy atom. The quantitative estimate of drug-likeness (QED) is 0.921. The Hall–Kier alpha value is 0.1000. The number of nitrogens with zero attached hydrogens (tertiary/aromatic N) is 1. The van der Waals surface area contributed by atoms with Crippen molar-refractivity contribution in [2.45, 2.75) is 38.3 Å². The summed E-state index contributed by atoms with van der Waals surface area (Å²) in [5.41, 5.74) is 6.28. The highest BCUT2D eigenvalue weighted by atomic mass is 79.9. The summed E-state index contributed by atoms with van der Waals surface area (Å²) < 4.78 is 1.19. The van der Waals surface area contributed by atoms with Gasteiger partial charge >= 0.3 is 0 Å². The minimum absolute atomic E-state index is 0.232. The molecule has 2 atom stereocenters. The van der Waals surface area contributed by atoms with Crippen LogP contribution in [-0.2, 0) is 6.54 Å². The number of rotatable bonds is 4. The molecule has 2 unspecified atom stereocenters. The average molecular weight is 317 g/mol. The van der Waals surface area contributed by atoms with Gasteiger partial charge < -0.3 is 5.73 Å². The predicted octanol–water partition coefficient (Wildman–Crippen LogP) is 3.46. The summed E-state index contributed by atoms with van der Waals surface area (Å²) in [6, 6.07) is 2.21. The van der Waals surface area contributed by atoms with Gasteiger partial charge in [0, 0.05) is 33.4 Å². The van der Waals surface area contributed by atoms with Gasteiger partial charge in [0.1, 0.15) is 0 Å². The molecule has 0 amide bonds. The number of thiophene rings is 1. The average Bonchev–Trinajstić information content (AvgIpc) is 2.86. The van der Waals surface area contributed by atoms with Crippen LogP contribution in [0.15, 0.2) is 15.9 Å². The lowest BCUT2D eigenvalue weighted by Crippen LogP contribution is -2.49. The second-order valence-electron chi connectivity index (χ2n) is 5.36. The number of halogens is 1. The van der Waals surface area contributed by atoms with Crippen molar-refractivity contribution in [3.05, 3.63) is 20.8 Å². The van der Waals surface area contributed by atoms with Crippen LogP contribution < -0.4 is 5.73 Å². The van der Waals surface area contributed by atoms with Gasteiger partial charge in [0.2, 0.25) is 0 Å². The molecule has 1 fully saturated rings. The van der Waals surface area contributed by atoms with Gasteiger partial charge in [-0.25, -0.2) is 0 Å². The lowest BCUT2D eigenvalue weighted by molar-refractivity contribution is 0.121. The SMILES string of the molecule is CC1CCC(CN)(N(C)Cc2cc(Br)cs2)C1. The topological polar surface area (TPSA) is 29.3 Å². The van der Waals surface area contributed by atoms with Crippen LogP contribution in [0.4, 0.5) is 0 Å². The van der Waals surface area contributed by atoms with Crippen molar-refractivity contribution >= 4 is 27.3 Å². The number of hydrogen-bond acceptors (Lipinski definition) is 3. The van der Waals surface area contributed by atoms with Crippen LogP contribution >= 0.6 is 27.3 Å². The molecule has 1 aliphatic carbocycles. The molecule has 0 bridgehead atoms. The van der Waals surface area contributed by atoms with Gasteiger partial charge in [-0.05, 0) is 54.2 Å². The summed E-state index contributed by atoms with van der Waals surface area (Å²) in [7, 11) is 2.22. The largest absolute Gasteiger partial charge is 0.329 e. The molecule has 0 aromatic carbocycles. The molecule has 1 aromatic rings. The van der Waals surface area contributed by atoms with E-state index in [4.69, 9.17) is 5.73 Å². The minimum Gasteiger partial charge on any atom is -0.329 e. The van der Waals surface area contributed by atoms with Crippen LogP contribution in [0.1, 0.15) is 31.1 Å². The Bertz CT molecular complexity index is 379. The van der Waals surface area contributed by atoms with E-state index >= 15 is 0 Å². The highest BCUT2D eigenvalue weighted by Gasteiger charge is 2.39. The van der Waals surface area contributed by atoms with E-state index < -0.39 is 0 Å². The fraction of sp³-hybridized carbons (Fsp3) is 0.692. The molecular formula is C13H21BrN2S. The van der Waals surface area contributed by atoms with Gasteiger partial charge in [-0.2, -0.15) is 0 Å². The molecule has 96 valence electrons. The number of hydrogen-bond donors (Lipinski definition) is 1. The Labute approximate surface area is 116 Å². The third-order valence-corrected chi connectivity index (χ3v) is 5.72. The van der Waals surface area contributed by atoms with E-state index in [9.17, 15) is 0 Å². The maximum Gasteiger partial charge on any atom is 0.0335 e. The van der Waals surface area contributed by atoms with E-state index in [1.54, 1.807) is 0 Å². The Kier molecular flexibility index (Phi) is 4.29. The zero-order chi connectivity index (χ0) is 12.5. The zero-order valence-corrected chi connectivity index (χ0v) is 13.0. The third-order valence-electron chi connectivity index (χ3n) is 4.04. The molecule has 1 saturated carbocycles. The van der Waals surface area contributed by atoms with Crippen molar-refractivity contribution in [3.8, 4) is 0 Å². The molecule has 17 heavy (non-hydrogen) atoms. The highest BCUT2D eigenvalue weighted by molar-refractivity contribution is 9.10. The summed E-state index contributed by atoms with van der Waals surface area (Å²) in [4.78, 5) is 3.88. The van der Waals surface area contributed by atoms with E-state index in [0.29, 0.717) is 0 Å². The zero-order valence-electron chi connectivity index (χ0n) is 10.6. The summed E-state index contributed by atoms with van der Waals surface area (Å²) in [5.74, 6) is 0.816. The van der Waals surface area contributed by atoms with Crippen molar-refractivity contribution in [2.75, 3.05) is 13.6 Å². The molecule has 1 aliphatic rings.